The fourth-order valence-electron chi connectivity index (χ4n) is 2.08. The third-order valence-corrected chi connectivity index (χ3v) is 3.13. The van der Waals surface area contributed by atoms with Gasteiger partial charge in [-0.15, -0.1) is 0 Å². The van der Waals surface area contributed by atoms with Gasteiger partial charge in [-0.25, -0.2) is 0 Å². The first kappa shape index (κ1) is 17.7. The lowest BCUT2D eigenvalue weighted by molar-refractivity contribution is -0.118. The Morgan fingerprint density at radius 2 is 1.50 bits per heavy atom. The maximum atomic E-state index is 12.1. The lowest BCUT2D eigenvalue weighted by atomic mass is 10.3. The monoisotopic (exact) mass is 329 g/mol. The number of para-hydroxylation sites is 4. The Hall–Kier alpha value is -2.69. The second-order valence-electron chi connectivity index (χ2n) is 5.06. The van der Waals surface area contributed by atoms with E-state index in [1.54, 1.807) is 12.1 Å². The minimum Gasteiger partial charge on any atom is -0.491 e. The molecule has 1 N–H and O–H groups in total. The molecule has 0 aliphatic heterocycles. The van der Waals surface area contributed by atoms with E-state index in [-0.39, 0.29) is 12.5 Å². The van der Waals surface area contributed by atoms with Crippen LogP contribution in [0.5, 0.6) is 17.2 Å². The Morgan fingerprint density at radius 1 is 0.875 bits per heavy atom. The predicted octanol–water partition coefficient (Wildman–Crippen LogP) is 3.89. The van der Waals surface area contributed by atoms with Gasteiger partial charge in [0.1, 0.15) is 5.75 Å². The van der Waals surface area contributed by atoms with Crippen molar-refractivity contribution >= 4 is 11.6 Å². The molecule has 2 aromatic carbocycles. The Labute approximate surface area is 142 Å². The number of amides is 1. The SMILES string of the molecule is CCCOc1ccccc1NC(=O)COc1ccccc1OCC. The maximum Gasteiger partial charge on any atom is 0.262 e. The first-order valence-corrected chi connectivity index (χ1v) is 8.10. The van der Waals surface area contributed by atoms with Gasteiger partial charge < -0.3 is 19.5 Å². The molecule has 2 rings (SSSR count). The van der Waals surface area contributed by atoms with Crippen LogP contribution in [0.4, 0.5) is 5.69 Å². The summed E-state index contributed by atoms with van der Waals surface area (Å²) < 4.78 is 16.7. The minimum absolute atomic E-state index is 0.105. The van der Waals surface area contributed by atoms with Crippen LogP contribution in [0.3, 0.4) is 0 Å². The molecule has 0 fully saturated rings. The summed E-state index contributed by atoms with van der Waals surface area (Å²) in [6.45, 7) is 4.97. The number of nitrogens with one attached hydrogen (secondary N) is 1. The highest BCUT2D eigenvalue weighted by atomic mass is 16.5. The number of hydrogen-bond donors (Lipinski definition) is 1. The van der Waals surface area contributed by atoms with Gasteiger partial charge in [-0.1, -0.05) is 31.2 Å². The number of benzene rings is 2. The third kappa shape index (κ3) is 5.19. The largest absolute Gasteiger partial charge is 0.491 e. The van der Waals surface area contributed by atoms with Crippen LogP contribution in [0.25, 0.3) is 0 Å². The number of anilines is 1. The Morgan fingerprint density at radius 3 is 2.17 bits per heavy atom. The summed E-state index contributed by atoms with van der Waals surface area (Å²) in [5, 5.41) is 2.81. The van der Waals surface area contributed by atoms with Gasteiger partial charge in [-0.3, -0.25) is 4.79 Å². The molecule has 0 unspecified atom stereocenters. The van der Waals surface area contributed by atoms with Crippen molar-refractivity contribution in [3.05, 3.63) is 48.5 Å². The van der Waals surface area contributed by atoms with Gasteiger partial charge in [-0.2, -0.15) is 0 Å². The Bertz CT molecular complexity index is 657. The fourth-order valence-corrected chi connectivity index (χ4v) is 2.08. The predicted molar refractivity (Wildman–Crippen MR) is 94.0 cm³/mol. The molecule has 0 saturated heterocycles. The first-order chi connectivity index (χ1) is 11.7. The van der Waals surface area contributed by atoms with Crippen molar-refractivity contribution in [1.82, 2.24) is 0 Å². The summed E-state index contributed by atoms with van der Waals surface area (Å²) in [6.07, 6.45) is 0.902. The average molecular weight is 329 g/mol. The molecule has 5 nitrogen and oxygen atoms in total. The molecule has 0 spiro atoms. The van der Waals surface area contributed by atoms with Gasteiger partial charge in [0, 0.05) is 0 Å². The summed E-state index contributed by atoms with van der Waals surface area (Å²) in [5.41, 5.74) is 0.637. The van der Waals surface area contributed by atoms with Gasteiger partial charge in [0.2, 0.25) is 0 Å². The zero-order chi connectivity index (χ0) is 17.2. The molecule has 1 amide bonds. The zero-order valence-corrected chi connectivity index (χ0v) is 14.1. The number of rotatable bonds is 9. The quantitative estimate of drug-likeness (QED) is 0.758. The van der Waals surface area contributed by atoms with Crippen LogP contribution in [-0.4, -0.2) is 25.7 Å². The number of ether oxygens (including phenoxy) is 3. The van der Waals surface area contributed by atoms with Crippen molar-refractivity contribution < 1.29 is 19.0 Å². The zero-order valence-electron chi connectivity index (χ0n) is 14.1. The van der Waals surface area contributed by atoms with Crippen molar-refractivity contribution in [2.24, 2.45) is 0 Å². The first-order valence-electron chi connectivity index (χ1n) is 8.10. The Balaban J connectivity index is 1.95. The van der Waals surface area contributed by atoms with E-state index in [9.17, 15) is 4.79 Å². The molecular formula is C19H23NO4. The van der Waals surface area contributed by atoms with Crippen molar-refractivity contribution in [3.63, 3.8) is 0 Å². The average Bonchev–Trinajstić information content (AvgIpc) is 2.60. The lowest BCUT2D eigenvalue weighted by Crippen LogP contribution is -2.20. The summed E-state index contributed by atoms with van der Waals surface area (Å²) >= 11 is 0. The highest BCUT2D eigenvalue weighted by Gasteiger charge is 2.10. The van der Waals surface area contributed by atoms with Crippen molar-refractivity contribution in [2.75, 3.05) is 25.1 Å². The fraction of sp³-hybridized carbons (Fsp3) is 0.316. The maximum absolute atomic E-state index is 12.1. The molecular weight excluding hydrogens is 306 g/mol. The van der Waals surface area contributed by atoms with E-state index < -0.39 is 0 Å². The van der Waals surface area contributed by atoms with Crippen LogP contribution in [0.2, 0.25) is 0 Å². The molecule has 2 aromatic rings. The second kappa shape index (κ2) is 9.45. The van der Waals surface area contributed by atoms with Gasteiger partial charge in [-0.05, 0) is 37.6 Å². The highest BCUT2D eigenvalue weighted by Crippen LogP contribution is 2.27. The van der Waals surface area contributed by atoms with Crippen LogP contribution in [0.1, 0.15) is 20.3 Å². The van der Waals surface area contributed by atoms with E-state index in [1.807, 2.05) is 50.2 Å². The molecule has 0 bridgehead atoms. The second-order valence-corrected chi connectivity index (χ2v) is 5.06. The summed E-state index contributed by atoms with van der Waals surface area (Å²) in [7, 11) is 0. The van der Waals surface area contributed by atoms with E-state index in [0.717, 1.165) is 6.42 Å². The molecule has 24 heavy (non-hydrogen) atoms. The highest BCUT2D eigenvalue weighted by molar-refractivity contribution is 5.93. The molecule has 128 valence electrons. The summed E-state index contributed by atoms with van der Waals surface area (Å²) in [5.74, 6) is 1.57. The summed E-state index contributed by atoms with van der Waals surface area (Å²) in [6, 6.07) is 14.6. The van der Waals surface area contributed by atoms with Crippen molar-refractivity contribution in [2.45, 2.75) is 20.3 Å². The molecule has 0 aliphatic rings. The minimum atomic E-state index is -0.256. The summed E-state index contributed by atoms with van der Waals surface area (Å²) in [4.78, 5) is 12.1. The normalized spacial score (nSPS) is 10.1. The van der Waals surface area contributed by atoms with Crippen molar-refractivity contribution in [1.29, 1.82) is 0 Å². The molecule has 0 radical (unpaired) electrons. The third-order valence-electron chi connectivity index (χ3n) is 3.13. The molecule has 5 heteroatoms. The van der Waals surface area contributed by atoms with E-state index in [2.05, 4.69) is 5.32 Å². The van der Waals surface area contributed by atoms with Gasteiger partial charge >= 0.3 is 0 Å². The van der Waals surface area contributed by atoms with E-state index in [1.165, 1.54) is 0 Å². The van der Waals surface area contributed by atoms with Crippen LogP contribution in [0.15, 0.2) is 48.5 Å². The molecule has 0 atom stereocenters. The van der Waals surface area contributed by atoms with Crippen LogP contribution in [-0.2, 0) is 4.79 Å². The van der Waals surface area contributed by atoms with Crippen LogP contribution < -0.4 is 19.5 Å². The standard InChI is InChI=1S/C19H23NO4/c1-3-13-23-16-10-6-5-9-15(16)20-19(21)14-24-18-12-8-7-11-17(18)22-4-2/h5-12H,3-4,13-14H2,1-2H3,(H,20,21). The van der Waals surface area contributed by atoms with Crippen LogP contribution >= 0.6 is 0 Å². The number of hydrogen-bond acceptors (Lipinski definition) is 4. The number of carbonyl (C=O) groups is 1. The smallest absolute Gasteiger partial charge is 0.262 e. The lowest BCUT2D eigenvalue weighted by Gasteiger charge is -2.13. The van der Waals surface area contributed by atoms with Crippen molar-refractivity contribution in [3.8, 4) is 17.2 Å². The molecule has 0 saturated carbocycles. The van der Waals surface area contributed by atoms with E-state index in [0.29, 0.717) is 36.1 Å². The van der Waals surface area contributed by atoms with Gasteiger partial charge in [0.25, 0.3) is 5.91 Å². The topological polar surface area (TPSA) is 56.8 Å². The molecule has 0 heterocycles. The van der Waals surface area contributed by atoms with E-state index in [4.69, 9.17) is 14.2 Å². The number of carbonyl (C=O) groups excluding carboxylic acids is 1. The molecule has 0 aromatic heterocycles. The van der Waals surface area contributed by atoms with E-state index >= 15 is 0 Å². The molecule has 0 aliphatic carbocycles. The van der Waals surface area contributed by atoms with Gasteiger partial charge in [0.05, 0.1) is 18.9 Å². The Kier molecular flexibility index (Phi) is 6.95. The van der Waals surface area contributed by atoms with Crippen LogP contribution in [0, 0.1) is 0 Å². The van der Waals surface area contributed by atoms with Gasteiger partial charge in [0.15, 0.2) is 18.1 Å².